The zero-order valence-electron chi connectivity index (χ0n) is 17.8. The number of likely N-dealkylation sites (tertiary alicyclic amines) is 1. The van der Waals surface area contributed by atoms with Gasteiger partial charge in [0.05, 0.1) is 13.2 Å². The monoisotopic (exact) mass is 455 g/mol. The van der Waals surface area contributed by atoms with Crippen LogP contribution in [0.25, 0.3) is 5.65 Å². The van der Waals surface area contributed by atoms with E-state index in [0.717, 1.165) is 31.3 Å². The normalized spacial score (nSPS) is 19.7. The van der Waals surface area contributed by atoms with Crippen LogP contribution in [-0.4, -0.2) is 64.9 Å². The third-order valence-electron chi connectivity index (χ3n) is 6.25. The number of benzene rings is 1. The highest BCUT2D eigenvalue weighted by molar-refractivity contribution is 7.89. The first-order chi connectivity index (χ1) is 15.5. The Morgan fingerprint density at radius 3 is 2.66 bits per heavy atom. The molecule has 2 fully saturated rings. The van der Waals surface area contributed by atoms with Crippen molar-refractivity contribution in [3.63, 3.8) is 0 Å². The predicted octanol–water partition coefficient (Wildman–Crippen LogP) is 2.50. The van der Waals surface area contributed by atoms with Gasteiger partial charge >= 0.3 is 0 Å². The molecule has 1 amide bonds. The van der Waals surface area contributed by atoms with Gasteiger partial charge in [0.2, 0.25) is 10.0 Å². The molecule has 0 N–H and O–H groups in total. The largest absolute Gasteiger partial charge is 0.495 e. The van der Waals surface area contributed by atoms with Crippen LogP contribution in [0.4, 0.5) is 0 Å². The molecule has 1 atom stereocenters. The van der Waals surface area contributed by atoms with E-state index in [9.17, 15) is 13.2 Å². The van der Waals surface area contributed by atoms with Crippen LogP contribution in [0.5, 0.6) is 5.75 Å². The number of nitrogens with zero attached hydrogens (tertiary/aromatic N) is 5. The molecule has 3 aromatic rings. The van der Waals surface area contributed by atoms with Crippen molar-refractivity contribution in [3.05, 3.63) is 54.0 Å². The number of amides is 1. The van der Waals surface area contributed by atoms with Gasteiger partial charge in [-0.05, 0) is 56.0 Å². The highest BCUT2D eigenvalue weighted by Crippen LogP contribution is 2.34. The summed E-state index contributed by atoms with van der Waals surface area (Å²) in [6.45, 7) is 1.54. The van der Waals surface area contributed by atoms with Gasteiger partial charge < -0.3 is 9.64 Å². The molecule has 0 spiro atoms. The number of rotatable bonds is 5. The summed E-state index contributed by atoms with van der Waals surface area (Å²) >= 11 is 0. The van der Waals surface area contributed by atoms with E-state index in [0.29, 0.717) is 31.0 Å². The number of ether oxygens (including phenoxy) is 1. The van der Waals surface area contributed by atoms with Gasteiger partial charge in [0.25, 0.3) is 5.91 Å². The Labute approximate surface area is 186 Å². The van der Waals surface area contributed by atoms with E-state index in [1.54, 1.807) is 17.0 Å². The fourth-order valence-corrected chi connectivity index (χ4v) is 6.31. The number of methoxy groups -OCH3 is 1. The molecule has 0 aliphatic carbocycles. The van der Waals surface area contributed by atoms with Crippen molar-refractivity contribution in [1.29, 1.82) is 0 Å². The zero-order chi connectivity index (χ0) is 22.3. The van der Waals surface area contributed by atoms with E-state index in [1.165, 1.54) is 17.5 Å². The van der Waals surface area contributed by atoms with E-state index in [1.807, 2.05) is 28.8 Å². The Kier molecular flexibility index (Phi) is 5.34. The molecule has 1 unspecified atom stereocenters. The summed E-state index contributed by atoms with van der Waals surface area (Å²) in [4.78, 5) is 15.3. The molecule has 168 valence electrons. The quantitative estimate of drug-likeness (QED) is 0.586. The van der Waals surface area contributed by atoms with E-state index >= 15 is 0 Å². The Balaban J connectivity index is 1.50. The van der Waals surface area contributed by atoms with Crippen molar-refractivity contribution in [3.8, 4) is 5.75 Å². The first-order valence-corrected chi connectivity index (χ1v) is 12.2. The van der Waals surface area contributed by atoms with Crippen LogP contribution in [-0.2, 0) is 10.0 Å². The molecular formula is C22H25N5O4S. The summed E-state index contributed by atoms with van der Waals surface area (Å²) in [5.41, 5.74) is 1.05. The second kappa shape index (κ2) is 8.18. The summed E-state index contributed by atoms with van der Waals surface area (Å²) < 4.78 is 35.1. The highest BCUT2D eigenvalue weighted by atomic mass is 32.2. The predicted molar refractivity (Wildman–Crippen MR) is 117 cm³/mol. The number of aromatic nitrogens is 3. The molecule has 2 saturated heterocycles. The number of sulfonamides is 1. The molecule has 32 heavy (non-hydrogen) atoms. The van der Waals surface area contributed by atoms with Gasteiger partial charge in [-0.25, -0.2) is 8.42 Å². The van der Waals surface area contributed by atoms with Gasteiger partial charge in [0.15, 0.2) is 11.5 Å². The number of carbonyl (C=O) groups is 1. The Morgan fingerprint density at radius 1 is 1.06 bits per heavy atom. The molecule has 4 heterocycles. The first kappa shape index (κ1) is 20.9. The molecular weight excluding hydrogens is 430 g/mol. The molecule has 5 rings (SSSR count). The molecule has 10 heteroatoms. The lowest BCUT2D eigenvalue weighted by Crippen LogP contribution is -2.32. The van der Waals surface area contributed by atoms with Gasteiger partial charge in [0.1, 0.15) is 10.6 Å². The average molecular weight is 456 g/mol. The highest BCUT2D eigenvalue weighted by Gasteiger charge is 2.35. The maximum Gasteiger partial charge on any atom is 0.254 e. The van der Waals surface area contributed by atoms with Gasteiger partial charge in [-0.15, -0.1) is 10.2 Å². The molecule has 0 radical (unpaired) electrons. The summed E-state index contributed by atoms with van der Waals surface area (Å²) in [5, 5.41) is 8.55. The molecule has 2 aromatic heterocycles. The number of hydrogen-bond donors (Lipinski definition) is 0. The Morgan fingerprint density at radius 2 is 1.88 bits per heavy atom. The van der Waals surface area contributed by atoms with E-state index in [4.69, 9.17) is 4.74 Å². The minimum atomic E-state index is -3.74. The Hall–Kier alpha value is -2.98. The third kappa shape index (κ3) is 3.43. The lowest BCUT2D eigenvalue weighted by Gasteiger charge is -2.24. The van der Waals surface area contributed by atoms with Crippen molar-refractivity contribution < 1.29 is 17.9 Å². The van der Waals surface area contributed by atoms with E-state index in [2.05, 4.69) is 10.2 Å². The van der Waals surface area contributed by atoms with Crippen molar-refractivity contribution in [1.82, 2.24) is 23.8 Å². The van der Waals surface area contributed by atoms with Gasteiger partial charge in [-0.1, -0.05) is 6.07 Å². The zero-order valence-corrected chi connectivity index (χ0v) is 18.7. The SMILES string of the molecule is COc1ccc(C(=O)N2CCCC2c2nnc3ccccn23)cc1S(=O)(=O)N1CCCC1. The van der Waals surface area contributed by atoms with Crippen LogP contribution >= 0.6 is 0 Å². The second-order valence-corrected chi connectivity index (χ2v) is 10.0. The minimum Gasteiger partial charge on any atom is -0.495 e. The summed E-state index contributed by atoms with van der Waals surface area (Å²) in [5.74, 6) is 0.737. The molecule has 0 saturated carbocycles. The molecule has 9 nitrogen and oxygen atoms in total. The van der Waals surface area contributed by atoms with Crippen LogP contribution in [0.3, 0.4) is 0 Å². The lowest BCUT2D eigenvalue weighted by molar-refractivity contribution is 0.0729. The molecule has 2 aliphatic rings. The van der Waals surface area contributed by atoms with Crippen molar-refractivity contribution in [2.75, 3.05) is 26.7 Å². The Bertz CT molecular complexity index is 1270. The molecule has 2 aliphatic heterocycles. The number of carbonyl (C=O) groups excluding carboxylic acids is 1. The van der Waals surface area contributed by atoms with Gasteiger partial charge in [-0.2, -0.15) is 4.31 Å². The summed E-state index contributed by atoms with van der Waals surface area (Å²) in [6, 6.07) is 10.1. The summed E-state index contributed by atoms with van der Waals surface area (Å²) in [7, 11) is -2.30. The van der Waals surface area contributed by atoms with Crippen molar-refractivity contribution in [2.45, 2.75) is 36.6 Å². The van der Waals surface area contributed by atoms with Crippen molar-refractivity contribution >= 4 is 21.6 Å². The molecule has 0 bridgehead atoms. The smallest absolute Gasteiger partial charge is 0.254 e. The molecule has 1 aromatic carbocycles. The number of pyridine rings is 1. The standard InChI is InChI=1S/C22H25N5O4S/c1-31-18-10-9-16(15-19(18)32(29,30)25-11-4-5-12-25)22(28)26-14-6-7-17(26)21-24-23-20-8-2-3-13-27(20)21/h2-3,8-10,13,15,17H,4-7,11-12,14H2,1H3. The average Bonchev–Trinajstić information content (AvgIpc) is 3.58. The topological polar surface area (TPSA) is 97.1 Å². The van der Waals surface area contributed by atoms with E-state index in [-0.39, 0.29) is 22.6 Å². The second-order valence-electron chi connectivity index (χ2n) is 8.12. The van der Waals surface area contributed by atoms with Gasteiger partial charge in [-0.3, -0.25) is 9.20 Å². The fraction of sp³-hybridized carbons (Fsp3) is 0.409. The van der Waals surface area contributed by atoms with Crippen LogP contribution < -0.4 is 4.74 Å². The van der Waals surface area contributed by atoms with Crippen LogP contribution in [0.2, 0.25) is 0 Å². The number of fused-ring (bicyclic) bond motifs is 1. The van der Waals surface area contributed by atoms with Crippen molar-refractivity contribution in [2.24, 2.45) is 0 Å². The maximum absolute atomic E-state index is 13.5. The summed E-state index contributed by atoms with van der Waals surface area (Å²) in [6.07, 6.45) is 5.17. The third-order valence-corrected chi connectivity index (χ3v) is 8.17. The number of hydrogen-bond acceptors (Lipinski definition) is 6. The fourth-order valence-electron chi connectivity index (χ4n) is 4.61. The lowest BCUT2D eigenvalue weighted by atomic mass is 10.1. The minimum absolute atomic E-state index is 0.0384. The first-order valence-electron chi connectivity index (χ1n) is 10.8. The van der Waals surface area contributed by atoms with E-state index < -0.39 is 10.0 Å². The van der Waals surface area contributed by atoms with Gasteiger partial charge in [0, 0.05) is 31.4 Å². The van der Waals surface area contributed by atoms with Crippen LogP contribution in [0.1, 0.15) is 47.9 Å². The van der Waals surface area contributed by atoms with Crippen LogP contribution in [0.15, 0.2) is 47.5 Å². The maximum atomic E-state index is 13.5. The van der Waals surface area contributed by atoms with Crippen LogP contribution in [0, 0.1) is 0 Å².